The summed E-state index contributed by atoms with van der Waals surface area (Å²) < 4.78 is 15.6. The Morgan fingerprint density at radius 1 is 1.16 bits per heavy atom. The minimum absolute atomic E-state index is 0.0654. The van der Waals surface area contributed by atoms with Crippen molar-refractivity contribution >= 4 is 23.6 Å². The van der Waals surface area contributed by atoms with E-state index in [4.69, 9.17) is 14.2 Å². The van der Waals surface area contributed by atoms with Gasteiger partial charge in [-0.2, -0.15) is 0 Å². The van der Waals surface area contributed by atoms with Crippen LogP contribution >= 0.6 is 0 Å². The van der Waals surface area contributed by atoms with E-state index in [1.165, 1.54) is 19.1 Å². The van der Waals surface area contributed by atoms with Crippen molar-refractivity contribution in [1.29, 1.82) is 0 Å². The highest BCUT2D eigenvalue weighted by Crippen LogP contribution is 2.35. The normalized spacial score (nSPS) is 17.6. The maximum absolute atomic E-state index is 12.8. The number of nitrogens with zero attached hydrogens (tertiary/aromatic N) is 1. The second-order valence-electron chi connectivity index (χ2n) is 6.93. The Morgan fingerprint density at radius 2 is 1.94 bits per heavy atom. The molecule has 0 bridgehead atoms. The molecule has 9 heteroatoms. The number of methoxy groups -OCH3 is 2. The smallest absolute Gasteiger partial charge is 0.338 e. The SMILES string of the molecule is COc1ccc(NC(=O)CN2C(=O)NC(c3ccccc3)C3=C2COC3=O)c(OC)c1. The minimum atomic E-state index is -0.625. The molecule has 160 valence electrons. The van der Waals surface area contributed by atoms with Crippen LogP contribution in [-0.4, -0.2) is 50.2 Å². The molecule has 0 saturated carbocycles. The molecule has 2 aromatic carbocycles. The molecule has 2 N–H and O–H groups in total. The van der Waals surface area contributed by atoms with Crippen molar-refractivity contribution in [2.24, 2.45) is 0 Å². The number of carbonyl (C=O) groups excluding carboxylic acids is 3. The predicted octanol–water partition coefficient (Wildman–Crippen LogP) is 2.22. The van der Waals surface area contributed by atoms with Gasteiger partial charge in [0, 0.05) is 6.07 Å². The van der Waals surface area contributed by atoms with Crippen LogP contribution in [0, 0.1) is 0 Å². The molecule has 1 atom stereocenters. The summed E-state index contributed by atoms with van der Waals surface area (Å²) >= 11 is 0. The molecule has 0 spiro atoms. The van der Waals surface area contributed by atoms with E-state index in [9.17, 15) is 14.4 Å². The van der Waals surface area contributed by atoms with Gasteiger partial charge in [0.25, 0.3) is 0 Å². The molecule has 0 saturated heterocycles. The monoisotopic (exact) mass is 423 g/mol. The zero-order valence-electron chi connectivity index (χ0n) is 17.0. The average Bonchev–Trinajstić information content (AvgIpc) is 3.17. The van der Waals surface area contributed by atoms with E-state index >= 15 is 0 Å². The van der Waals surface area contributed by atoms with Crippen LogP contribution < -0.4 is 20.1 Å². The molecule has 0 aliphatic carbocycles. The molecule has 3 amide bonds. The number of cyclic esters (lactones) is 1. The van der Waals surface area contributed by atoms with E-state index in [2.05, 4.69) is 10.6 Å². The number of urea groups is 1. The third-order valence-corrected chi connectivity index (χ3v) is 5.12. The molecule has 1 unspecified atom stereocenters. The van der Waals surface area contributed by atoms with E-state index in [1.807, 2.05) is 30.3 Å². The van der Waals surface area contributed by atoms with Crippen LogP contribution in [0.4, 0.5) is 10.5 Å². The summed E-state index contributed by atoms with van der Waals surface area (Å²) in [6.07, 6.45) is 0. The van der Waals surface area contributed by atoms with Crippen molar-refractivity contribution in [2.45, 2.75) is 6.04 Å². The van der Waals surface area contributed by atoms with Gasteiger partial charge in [-0.3, -0.25) is 9.69 Å². The molecule has 2 aliphatic rings. The molecule has 0 fully saturated rings. The number of ether oxygens (including phenoxy) is 3. The van der Waals surface area contributed by atoms with Gasteiger partial charge in [-0.15, -0.1) is 0 Å². The second-order valence-corrected chi connectivity index (χ2v) is 6.93. The molecule has 2 aromatic rings. The van der Waals surface area contributed by atoms with Crippen LogP contribution in [0.1, 0.15) is 11.6 Å². The fourth-order valence-electron chi connectivity index (χ4n) is 3.61. The maximum atomic E-state index is 12.8. The molecule has 0 radical (unpaired) electrons. The largest absolute Gasteiger partial charge is 0.497 e. The summed E-state index contributed by atoms with van der Waals surface area (Å²) in [5, 5.41) is 5.52. The highest BCUT2D eigenvalue weighted by Gasteiger charge is 2.42. The Morgan fingerprint density at radius 3 is 2.65 bits per heavy atom. The van der Waals surface area contributed by atoms with Gasteiger partial charge >= 0.3 is 12.0 Å². The number of carbonyl (C=O) groups is 3. The van der Waals surface area contributed by atoms with E-state index < -0.39 is 23.9 Å². The van der Waals surface area contributed by atoms with Crippen LogP contribution in [-0.2, 0) is 14.3 Å². The van der Waals surface area contributed by atoms with Crippen molar-refractivity contribution in [1.82, 2.24) is 10.2 Å². The van der Waals surface area contributed by atoms with Crippen molar-refractivity contribution in [3.05, 3.63) is 65.4 Å². The topological polar surface area (TPSA) is 106 Å². The van der Waals surface area contributed by atoms with Crippen molar-refractivity contribution < 1.29 is 28.6 Å². The first-order valence-electron chi connectivity index (χ1n) is 9.57. The van der Waals surface area contributed by atoms with Crippen LogP contribution in [0.25, 0.3) is 0 Å². The van der Waals surface area contributed by atoms with Gasteiger partial charge in [0.2, 0.25) is 5.91 Å². The number of anilines is 1. The van der Waals surface area contributed by atoms with Crippen molar-refractivity contribution in [3.8, 4) is 11.5 Å². The Hall–Kier alpha value is -4.01. The molecule has 4 rings (SSSR count). The van der Waals surface area contributed by atoms with Gasteiger partial charge in [-0.05, 0) is 17.7 Å². The van der Waals surface area contributed by atoms with Crippen LogP contribution in [0.2, 0.25) is 0 Å². The highest BCUT2D eigenvalue weighted by molar-refractivity contribution is 6.00. The minimum Gasteiger partial charge on any atom is -0.497 e. The van der Waals surface area contributed by atoms with Gasteiger partial charge in [0.15, 0.2) is 0 Å². The summed E-state index contributed by atoms with van der Waals surface area (Å²) in [5.74, 6) is 0.0295. The quantitative estimate of drug-likeness (QED) is 0.690. The maximum Gasteiger partial charge on any atom is 0.338 e. The lowest BCUT2D eigenvalue weighted by molar-refractivity contribution is -0.136. The Labute approximate surface area is 178 Å². The predicted molar refractivity (Wildman–Crippen MR) is 111 cm³/mol. The molecule has 2 aliphatic heterocycles. The molecular weight excluding hydrogens is 402 g/mol. The summed E-state index contributed by atoms with van der Waals surface area (Å²) in [6, 6.07) is 13.0. The first-order chi connectivity index (χ1) is 15.0. The van der Waals surface area contributed by atoms with Crippen molar-refractivity contribution in [2.75, 3.05) is 32.7 Å². The fraction of sp³-hybridized carbons (Fsp3) is 0.227. The van der Waals surface area contributed by atoms with Crippen molar-refractivity contribution in [3.63, 3.8) is 0 Å². The average molecular weight is 423 g/mol. The van der Waals surface area contributed by atoms with Crippen LogP contribution in [0.5, 0.6) is 11.5 Å². The number of rotatable bonds is 6. The Kier molecular flexibility index (Phi) is 5.48. The summed E-state index contributed by atoms with van der Waals surface area (Å²) in [4.78, 5) is 39.1. The third-order valence-electron chi connectivity index (χ3n) is 5.12. The Balaban J connectivity index is 1.57. The molecule has 2 heterocycles. The van der Waals surface area contributed by atoms with Gasteiger partial charge in [-0.1, -0.05) is 30.3 Å². The summed E-state index contributed by atoms with van der Waals surface area (Å²) in [7, 11) is 3.01. The first kappa shape index (κ1) is 20.3. The number of amides is 3. The highest BCUT2D eigenvalue weighted by atomic mass is 16.5. The van der Waals surface area contributed by atoms with Gasteiger partial charge in [0.05, 0.1) is 37.2 Å². The van der Waals surface area contributed by atoms with E-state index in [1.54, 1.807) is 18.2 Å². The fourth-order valence-corrected chi connectivity index (χ4v) is 3.61. The summed E-state index contributed by atoms with van der Waals surface area (Å²) in [6.45, 7) is -0.359. The van der Waals surface area contributed by atoms with Crippen LogP contribution in [0.15, 0.2) is 59.8 Å². The molecule has 9 nitrogen and oxygen atoms in total. The standard InChI is InChI=1S/C22H21N3O6/c1-29-14-8-9-15(17(10-14)30-2)23-18(26)11-25-16-12-31-21(27)19(16)20(24-22(25)28)13-6-4-3-5-7-13/h3-10,20H,11-12H2,1-2H3,(H,23,26)(H,24,28). The number of nitrogens with one attached hydrogen (secondary N) is 2. The Bertz CT molecular complexity index is 1070. The summed E-state index contributed by atoms with van der Waals surface area (Å²) in [5.41, 5.74) is 1.91. The number of hydrogen-bond acceptors (Lipinski definition) is 6. The van der Waals surface area contributed by atoms with Crippen LogP contribution in [0.3, 0.4) is 0 Å². The van der Waals surface area contributed by atoms with E-state index in [-0.39, 0.29) is 13.2 Å². The third kappa shape index (κ3) is 3.89. The lowest BCUT2D eigenvalue weighted by Crippen LogP contribution is -2.49. The lowest BCUT2D eigenvalue weighted by atomic mass is 9.96. The van der Waals surface area contributed by atoms with E-state index in [0.29, 0.717) is 28.5 Å². The number of esters is 1. The molecule has 0 aromatic heterocycles. The first-order valence-corrected chi connectivity index (χ1v) is 9.57. The van der Waals surface area contributed by atoms with E-state index in [0.717, 1.165) is 5.56 Å². The second kappa shape index (κ2) is 8.39. The number of benzene rings is 2. The number of hydrogen-bond donors (Lipinski definition) is 2. The van der Waals surface area contributed by atoms with Gasteiger partial charge in [-0.25, -0.2) is 9.59 Å². The zero-order valence-corrected chi connectivity index (χ0v) is 17.0. The zero-order chi connectivity index (χ0) is 22.0. The molecule has 31 heavy (non-hydrogen) atoms. The van der Waals surface area contributed by atoms with Gasteiger partial charge < -0.3 is 24.8 Å². The molecular formula is C22H21N3O6. The lowest BCUT2D eigenvalue weighted by Gasteiger charge is -2.32. The van der Waals surface area contributed by atoms with Gasteiger partial charge in [0.1, 0.15) is 24.7 Å².